The van der Waals surface area contributed by atoms with E-state index in [1.165, 1.54) is 11.3 Å². The molecule has 3 rings (SSSR count). The second-order valence-electron chi connectivity index (χ2n) is 6.05. The normalized spacial score (nSPS) is 10.5. The van der Waals surface area contributed by atoms with Crippen LogP contribution in [-0.4, -0.2) is 22.7 Å². The summed E-state index contributed by atoms with van der Waals surface area (Å²) in [7, 11) is 0. The van der Waals surface area contributed by atoms with Crippen LogP contribution in [0.25, 0.3) is 0 Å². The fraction of sp³-hybridized carbons (Fsp3) is 0.158. The molecule has 0 atom stereocenters. The van der Waals surface area contributed by atoms with Gasteiger partial charge in [0.1, 0.15) is 10.7 Å². The van der Waals surface area contributed by atoms with Crippen LogP contribution in [0.3, 0.4) is 0 Å². The van der Waals surface area contributed by atoms with E-state index in [2.05, 4.69) is 15.6 Å². The predicted octanol–water partition coefficient (Wildman–Crippen LogP) is 3.35. The van der Waals surface area contributed by atoms with Crippen molar-refractivity contribution in [1.82, 2.24) is 4.98 Å². The van der Waals surface area contributed by atoms with Crippen LogP contribution in [0.4, 0.5) is 10.1 Å². The minimum absolute atomic E-state index is 0.152. The van der Waals surface area contributed by atoms with Crippen LogP contribution in [-0.2, 0) is 11.2 Å². The molecule has 0 radical (unpaired) electrons. The van der Waals surface area contributed by atoms with Crippen molar-refractivity contribution in [2.75, 3.05) is 10.6 Å². The summed E-state index contributed by atoms with van der Waals surface area (Å²) in [5, 5.41) is 7.65. The summed E-state index contributed by atoms with van der Waals surface area (Å²) in [5.41, 5.74) is 7.52. The molecule has 2 aromatic heterocycles. The number of thiazole rings is 1. The standard InChI is InChI=1S/C19H18N4O3S2/c1-10-11(2)28-18(15(10)16(20)25)23-17(26)13-9-27-19(21-13)22-14(24)8-12-6-4-3-5-7-12/h3-7,9H,8H2,1-2H3,(H2,20,25)(H,23,26)(H,21,22,24). The van der Waals surface area contributed by atoms with Gasteiger partial charge in [0.25, 0.3) is 11.8 Å². The van der Waals surface area contributed by atoms with Gasteiger partial charge in [0.15, 0.2) is 5.13 Å². The van der Waals surface area contributed by atoms with Crippen molar-refractivity contribution in [3.05, 3.63) is 63.0 Å². The zero-order valence-corrected chi connectivity index (χ0v) is 16.9. The maximum absolute atomic E-state index is 12.5. The molecule has 0 unspecified atom stereocenters. The molecule has 9 heteroatoms. The number of anilines is 2. The molecule has 0 aliphatic carbocycles. The lowest BCUT2D eigenvalue weighted by Crippen LogP contribution is -2.18. The Balaban J connectivity index is 1.67. The Hall–Kier alpha value is -3.04. The van der Waals surface area contributed by atoms with Crippen molar-refractivity contribution < 1.29 is 14.4 Å². The lowest BCUT2D eigenvalue weighted by Gasteiger charge is -2.03. The first-order valence-corrected chi connectivity index (χ1v) is 10.0. The number of thiophene rings is 1. The van der Waals surface area contributed by atoms with E-state index in [1.54, 1.807) is 12.3 Å². The topological polar surface area (TPSA) is 114 Å². The van der Waals surface area contributed by atoms with Crippen LogP contribution >= 0.6 is 22.7 Å². The van der Waals surface area contributed by atoms with Crippen LogP contribution in [0.5, 0.6) is 0 Å². The number of hydrogen-bond donors (Lipinski definition) is 3. The Morgan fingerprint density at radius 2 is 1.82 bits per heavy atom. The van der Waals surface area contributed by atoms with Crippen LogP contribution in [0.15, 0.2) is 35.7 Å². The Kier molecular flexibility index (Phi) is 5.86. The van der Waals surface area contributed by atoms with Gasteiger partial charge in [-0.2, -0.15) is 0 Å². The Morgan fingerprint density at radius 1 is 1.11 bits per heavy atom. The second-order valence-corrected chi connectivity index (χ2v) is 8.14. The van der Waals surface area contributed by atoms with Gasteiger partial charge >= 0.3 is 0 Å². The molecular formula is C19H18N4O3S2. The lowest BCUT2D eigenvalue weighted by atomic mass is 10.1. The number of carbonyl (C=O) groups excluding carboxylic acids is 3. The number of aryl methyl sites for hydroxylation is 1. The molecule has 0 saturated heterocycles. The maximum atomic E-state index is 12.5. The van der Waals surface area contributed by atoms with Gasteiger partial charge in [0.2, 0.25) is 5.91 Å². The zero-order chi connectivity index (χ0) is 20.3. The molecule has 144 valence electrons. The highest BCUT2D eigenvalue weighted by molar-refractivity contribution is 7.17. The number of aromatic nitrogens is 1. The predicted molar refractivity (Wildman–Crippen MR) is 111 cm³/mol. The van der Waals surface area contributed by atoms with Crippen LogP contribution < -0.4 is 16.4 Å². The average Bonchev–Trinajstić information content (AvgIpc) is 3.20. The smallest absolute Gasteiger partial charge is 0.275 e. The maximum Gasteiger partial charge on any atom is 0.275 e. The first-order chi connectivity index (χ1) is 13.3. The van der Waals surface area contributed by atoms with E-state index >= 15 is 0 Å². The molecule has 0 aliphatic heterocycles. The molecule has 1 aromatic carbocycles. The molecule has 7 nitrogen and oxygen atoms in total. The molecule has 0 saturated carbocycles. The van der Waals surface area contributed by atoms with Crippen LogP contribution in [0, 0.1) is 13.8 Å². The van der Waals surface area contributed by atoms with Crippen molar-refractivity contribution in [3.63, 3.8) is 0 Å². The van der Waals surface area contributed by atoms with E-state index in [-0.39, 0.29) is 18.0 Å². The average molecular weight is 415 g/mol. The van der Waals surface area contributed by atoms with E-state index in [0.717, 1.165) is 27.3 Å². The van der Waals surface area contributed by atoms with Gasteiger partial charge in [0, 0.05) is 10.3 Å². The van der Waals surface area contributed by atoms with Crippen molar-refractivity contribution in [1.29, 1.82) is 0 Å². The summed E-state index contributed by atoms with van der Waals surface area (Å²) in [6.07, 6.45) is 0.220. The molecule has 2 heterocycles. The number of carbonyl (C=O) groups is 3. The van der Waals surface area contributed by atoms with Crippen molar-refractivity contribution in [2.24, 2.45) is 5.73 Å². The molecule has 0 fully saturated rings. The number of amides is 3. The Bertz CT molecular complexity index is 1040. The SMILES string of the molecule is Cc1sc(NC(=O)c2csc(NC(=O)Cc3ccccc3)n2)c(C(N)=O)c1C. The highest BCUT2D eigenvalue weighted by Crippen LogP contribution is 2.32. The number of primary amides is 1. The highest BCUT2D eigenvalue weighted by atomic mass is 32.1. The molecule has 28 heavy (non-hydrogen) atoms. The number of nitrogens with two attached hydrogens (primary N) is 1. The van der Waals surface area contributed by atoms with E-state index in [4.69, 9.17) is 5.73 Å². The largest absolute Gasteiger partial charge is 0.365 e. The summed E-state index contributed by atoms with van der Waals surface area (Å²) in [4.78, 5) is 41.3. The number of hydrogen-bond acceptors (Lipinski definition) is 6. The van der Waals surface area contributed by atoms with Gasteiger partial charge in [-0.1, -0.05) is 30.3 Å². The molecule has 0 bridgehead atoms. The second kappa shape index (κ2) is 8.32. The third-order valence-corrected chi connectivity index (χ3v) is 5.93. The van der Waals surface area contributed by atoms with Gasteiger partial charge in [-0.15, -0.1) is 22.7 Å². The minimum atomic E-state index is -0.593. The summed E-state index contributed by atoms with van der Waals surface area (Å²) < 4.78 is 0. The summed E-state index contributed by atoms with van der Waals surface area (Å²) in [5.74, 6) is -1.28. The molecule has 3 aromatic rings. The Labute approximate surface area is 169 Å². The monoisotopic (exact) mass is 414 g/mol. The first-order valence-electron chi connectivity index (χ1n) is 8.35. The highest BCUT2D eigenvalue weighted by Gasteiger charge is 2.21. The summed E-state index contributed by atoms with van der Waals surface area (Å²) in [6, 6.07) is 9.34. The molecule has 3 amide bonds. The van der Waals surface area contributed by atoms with E-state index in [0.29, 0.717) is 15.7 Å². The van der Waals surface area contributed by atoms with Crippen molar-refractivity contribution >= 4 is 50.5 Å². The van der Waals surface area contributed by atoms with Gasteiger partial charge in [0.05, 0.1) is 12.0 Å². The molecule has 0 aliphatic rings. The third-order valence-electron chi connectivity index (χ3n) is 4.05. The number of rotatable bonds is 6. The zero-order valence-electron chi connectivity index (χ0n) is 15.2. The van der Waals surface area contributed by atoms with E-state index in [1.807, 2.05) is 37.3 Å². The first kappa shape index (κ1) is 19.7. The third kappa shape index (κ3) is 4.44. The van der Waals surface area contributed by atoms with Crippen molar-refractivity contribution in [2.45, 2.75) is 20.3 Å². The fourth-order valence-electron chi connectivity index (χ4n) is 2.56. The van der Waals surface area contributed by atoms with Gasteiger partial charge in [-0.3, -0.25) is 14.4 Å². The summed E-state index contributed by atoms with van der Waals surface area (Å²) >= 11 is 2.44. The van der Waals surface area contributed by atoms with E-state index in [9.17, 15) is 14.4 Å². The number of benzene rings is 1. The Morgan fingerprint density at radius 3 is 2.50 bits per heavy atom. The van der Waals surface area contributed by atoms with Gasteiger partial charge in [-0.05, 0) is 25.0 Å². The van der Waals surface area contributed by atoms with Gasteiger partial charge < -0.3 is 16.4 Å². The van der Waals surface area contributed by atoms with E-state index < -0.39 is 11.8 Å². The molecule has 0 spiro atoms. The van der Waals surface area contributed by atoms with Crippen LogP contribution in [0.2, 0.25) is 0 Å². The van der Waals surface area contributed by atoms with Gasteiger partial charge in [-0.25, -0.2) is 4.98 Å². The van der Waals surface area contributed by atoms with Crippen LogP contribution in [0.1, 0.15) is 36.9 Å². The number of nitrogens with one attached hydrogen (secondary N) is 2. The minimum Gasteiger partial charge on any atom is -0.365 e. The number of nitrogens with zero attached hydrogens (tertiary/aromatic N) is 1. The van der Waals surface area contributed by atoms with Crippen molar-refractivity contribution in [3.8, 4) is 0 Å². The quantitative estimate of drug-likeness (QED) is 0.574. The summed E-state index contributed by atoms with van der Waals surface area (Å²) in [6.45, 7) is 3.64. The lowest BCUT2D eigenvalue weighted by molar-refractivity contribution is -0.115. The molecule has 4 N–H and O–H groups in total. The molecular weight excluding hydrogens is 396 g/mol. The fourth-order valence-corrected chi connectivity index (χ4v) is 4.33.